The van der Waals surface area contributed by atoms with Crippen molar-refractivity contribution in [3.05, 3.63) is 23.8 Å². The summed E-state index contributed by atoms with van der Waals surface area (Å²) in [5, 5.41) is 8.31. The minimum Gasteiger partial charge on any atom is -0.398 e. The highest BCUT2D eigenvalue weighted by atomic mass is 32.5. The topological polar surface area (TPSA) is 49.8 Å². The summed E-state index contributed by atoms with van der Waals surface area (Å²) < 4.78 is 61.6. The molecule has 0 spiro atoms. The standard InChI is InChI=1S/C8H7F5N2S/c9-16(10,11,12,13)7-2-1-6(3-4-14)8(15)5-7/h1-2,5H,3,15H2. The number of nitriles is 1. The van der Waals surface area contributed by atoms with Crippen LogP contribution in [-0.4, -0.2) is 0 Å². The molecule has 1 rings (SSSR count). The Hall–Kier alpha value is -1.49. The van der Waals surface area contributed by atoms with Gasteiger partial charge in [-0.05, 0) is 17.7 Å². The zero-order valence-corrected chi connectivity index (χ0v) is 8.58. The fraction of sp³-hybridized carbons (Fsp3) is 0.125. The van der Waals surface area contributed by atoms with Crippen LogP contribution < -0.4 is 5.73 Å². The van der Waals surface area contributed by atoms with Crippen LogP contribution in [0.2, 0.25) is 0 Å². The Balaban J connectivity index is 3.35. The summed E-state index contributed by atoms with van der Waals surface area (Å²) in [6, 6.07) is 2.85. The molecule has 0 bridgehead atoms. The van der Waals surface area contributed by atoms with E-state index in [1.165, 1.54) is 0 Å². The summed E-state index contributed by atoms with van der Waals surface area (Å²) in [7, 11) is -9.68. The van der Waals surface area contributed by atoms with Gasteiger partial charge in [0.05, 0.1) is 12.5 Å². The Morgan fingerprint density at radius 3 is 2.12 bits per heavy atom. The number of nitrogen functional groups attached to an aromatic ring is 1. The predicted octanol–water partition coefficient (Wildman–Crippen LogP) is 3.99. The molecule has 2 N–H and O–H groups in total. The quantitative estimate of drug-likeness (QED) is 0.644. The number of nitrogens with zero attached hydrogens (tertiary/aromatic N) is 1. The molecule has 0 aromatic heterocycles. The van der Waals surface area contributed by atoms with Crippen LogP contribution >= 0.6 is 10.2 Å². The van der Waals surface area contributed by atoms with Gasteiger partial charge in [0, 0.05) is 5.69 Å². The molecule has 0 unspecified atom stereocenters. The van der Waals surface area contributed by atoms with Crippen LogP contribution in [0.15, 0.2) is 23.1 Å². The molecule has 8 heteroatoms. The van der Waals surface area contributed by atoms with Crippen LogP contribution in [0, 0.1) is 11.3 Å². The van der Waals surface area contributed by atoms with Crippen molar-refractivity contribution in [3.63, 3.8) is 0 Å². The number of nitrogens with two attached hydrogens (primary N) is 1. The fourth-order valence-electron chi connectivity index (χ4n) is 1.06. The lowest BCUT2D eigenvalue weighted by molar-refractivity contribution is 0.364. The lowest BCUT2D eigenvalue weighted by Crippen LogP contribution is -2.07. The van der Waals surface area contributed by atoms with Gasteiger partial charge in [-0.25, -0.2) is 0 Å². The van der Waals surface area contributed by atoms with E-state index in [0.717, 1.165) is 6.07 Å². The molecule has 0 saturated carbocycles. The van der Waals surface area contributed by atoms with E-state index in [2.05, 4.69) is 0 Å². The minimum absolute atomic E-state index is 0.0908. The van der Waals surface area contributed by atoms with Gasteiger partial charge in [-0.2, -0.15) is 5.26 Å². The normalized spacial score (nSPS) is 16.0. The van der Waals surface area contributed by atoms with E-state index in [1.54, 1.807) is 6.07 Å². The molecule has 1 aromatic carbocycles. The molecular formula is C8H7F5N2S. The van der Waals surface area contributed by atoms with Gasteiger partial charge in [-0.3, -0.25) is 0 Å². The third kappa shape index (κ3) is 2.76. The molecule has 0 saturated heterocycles. The first-order chi connectivity index (χ1) is 6.94. The highest BCUT2D eigenvalue weighted by Crippen LogP contribution is 3.02. The monoisotopic (exact) mass is 258 g/mol. The lowest BCUT2D eigenvalue weighted by atomic mass is 10.1. The smallest absolute Gasteiger partial charge is 0.310 e. The van der Waals surface area contributed by atoms with Crippen molar-refractivity contribution in [2.75, 3.05) is 5.73 Å². The number of halogens is 5. The minimum atomic E-state index is -9.68. The second kappa shape index (κ2) is 2.79. The van der Waals surface area contributed by atoms with Crippen molar-refractivity contribution in [2.45, 2.75) is 11.3 Å². The summed E-state index contributed by atoms with van der Waals surface area (Å²) in [5.74, 6) is 0. The second-order valence-corrected chi connectivity index (χ2v) is 5.57. The Labute approximate surface area is 88.2 Å². The number of benzene rings is 1. The van der Waals surface area contributed by atoms with Crippen molar-refractivity contribution in [2.24, 2.45) is 0 Å². The third-order valence-electron chi connectivity index (χ3n) is 1.83. The van der Waals surface area contributed by atoms with Crippen LogP contribution in [0.4, 0.5) is 25.1 Å². The van der Waals surface area contributed by atoms with Crippen LogP contribution in [0.5, 0.6) is 0 Å². The maximum Gasteiger partial charge on any atom is 0.310 e. The van der Waals surface area contributed by atoms with Crippen molar-refractivity contribution < 1.29 is 19.4 Å². The second-order valence-electron chi connectivity index (χ2n) is 3.16. The van der Waals surface area contributed by atoms with E-state index >= 15 is 0 Å². The molecule has 0 radical (unpaired) electrons. The molecule has 2 nitrogen and oxygen atoms in total. The van der Waals surface area contributed by atoms with Gasteiger partial charge in [0.25, 0.3) is 0 Å². The van der Waals surface area contributed by atoms with E-state index in [0.29, 0.717) is 0 Å². The largest absolute Gasteiger partial charge is 0.398 e. The molecule has 90 valence electrons. The van der Waals surface area contributed by atoms with E-state index < -0.39 is 20.8 Å². The number of hydrogen-bond acceptors (Lipinski definition) is 2. The SMILES string of the molecule is N#CCc1ccc(S(F)(F)(F)(F)F)cc1N. The molecule has 16 heavy (non-hydrogen) atoms. The Bertz CT molecular complexity index is 473. The van der Waals surface area contributed by atoms with Crippen molar-refractivity contribution in [3.8, 4) is 6.07 Å². The Kier molecular flexibility index (Phi) is 2.20. The van der Waals surface area contributed by atoms with Crippen molar-refractivity contribution in [1.82, 2.24) is 0 Å². The average Bonchev–Trinajstić information content (AvgIpc) is 2.04. The molecule has 0 atom stereocenters. The zero-order valence-electron chi connectivity index (χ0n) is 7.76. The molecule has 0 aliphatic rings. The highest BCUT2D eigenvalue weighted by molar-refractivity contribution is 8.45. The van der Waals surface area contributed by atoms with E-state index in [-0.39, 0.29) is 24.1 Å². The van der Waals surface area contributed by atoms with Crippen LogP contribution in [0.1, 0.15) is 5.56 Å². The summed E-state index contributed by atoms with van der Waals surface area (Å²) in [6.07, 6.45) is -0.230. The number of rotatable bonds is 2. The first-order valence-corrected chi connectivity index (χ1v) is 5.88. The van der Waals surface area contributed by atoms with Gasteiger partial charge >= 0.3 is 10.2 Å². The lowest BCUT2D eigenvalue weighted by Gasteiger charge is -2.40. The van der Waals surface area contributed by atoms with E-state index in [1.807, 2.05) is 0 Å². The molecule has 1 aromatic rings. The summed E-state index contributed by atoms with van der Waals surface area (Å²) in [4.78, 5) is -2.04. The summed E-state index contributed by atoms with van der Waals surface area (Å²) in [5.41, 5.74) is 4.78. The van der Waals surface area contributed by atoms with Crippen molar-refractivity contribution in [1.29, 1.82) is 5.26 Å². The zero-order chi connectivity index (χ0) is 12.7. The predicted molar refractivity (Wildman–Crippen MR) is 51.6 cm³/mol. The summed E-state index contributed by atoms with van der Waals surface area (Å²) >= 11 is 0. The number of anilines is 1. The first-order valence-electron chi connectivity index (χ1n) is 3.93. The van der Waals surface area contributed by atoms with Gasteiger partial charge in [-0.1, -0.05) is 25.5 Å². The molecule has 0 aliphatic carbocycles. The van der Waals surface area contributed by atoms with Gasteiger partial charge in [0.1, 0.15) is 4.90 Å². The van der Waals surface area contributed by atoms with Crippen LogP contribution in [0.3, 0.4) is 0 Å². The molecule has 0 aliphatic heterocycles. The Morgan fingerprint density at radius 2 is 1.75 bits per heavy atom. The maximum absolute atomic E-state index is 12.3. The third-order valence-corrected chi connectivity index (χ3v) is 2.98. The summed E-state index contributed by atoms with van der Waals surface area (Å²) in [6.45, 7) is 0. The maximum atomic E-state index is 12.3. The van der Waals surface area contributed by atoms with Gasteiger partial charge in [0.15, 0.2) is 0 Å². The average molecular weight is 258 g/mol. The van der Waals surface area contributed by atoms with Gasteiger partial charge in [-0.15, -0.1) is 0 Å². The highest BCUT2D eigenvalue weighted by Gasteiger charge is 2.65. The molecule has 0 fully saturated rings. The van der Waals surface area contributed by atoms with Crippen molar-refractivity contribution >= 4 is 15.9 Å². The van der Waals surface area contributed by atoms with Crippen LogP contribution in [-0.2, 0) is 6.42 Å². The molecular weight excluding hydrogens is 251 g/mol. The van der Waals surface area contributed by atoms with Gasteiger partial charge in [0.2, 0.25) is 0 Å². The molecule has 0 amide bonds. The fourth-order valence-corrected chi connectivity index (χ4v) is 1.73. The van der Waals surface area contributed by atoms with Gasteiger partial charge < -0.3 is 5.73 Å². The van der Waals surface area contributed by atoms with E-state index in [9.17, 15) is 19.4 Å². The number of hydrogen-bond donors (Lipinski definition) is 1. The first kappa shape index (κ1) is 12.6. The molecule has 0 heterocycles. The van der Waals surface area contributed by atoms with E-state index in [4.69, 9.17) is 11.0 Å². The van der Waals surface area contributed by atoms with Crippen LogP contribution in [0.25, 0.3) is 0 Å². The Morgan fingerprint density at radius 1 is 1.19 bits per heavy atom.